The average molecular weight is 437 g/mol. The summed E-state index contributed by atoms with van der Waals surface area (Å²) in [6.45, 7) is 20.5. The second-order valence-corrected chi connectivity index (χ2v) is 10.6. The third kappa shape index (κ3) is 8.92. The van der Waals surface area contributed by atoms with E-state index in [0.717, 1.165) is 24.9 Å². The maximum absolute atomic E-state index is 6.40. The van der Waals surface area contributed by atoms with Crippen molar-refractivity contribution in [3.05, 3.63) is 0 Å². The van der Waals surface area contributed by atoms with Crippen LogP contribution in [0.15, 0.2) is 0 Å². The van der Waals surface area contributed by atoms with E-state index >= 15 is 0 Å². The molecule has 0 bridgehead atoms. The van der Waals surface area contributed by atoms with Gasteiger partial charge < -0.3 is 24.8 Å². The largest absolute Gasteiger partial charge is 0.375 e. The molecule has 0 spiro atoms. The molecule has 182 valence electrons. The van der Waals surface area contributed by atoms with E-state index in [2.05, 4.69) is 40.8 Å². The van der Waals surface area contributed by atoms with Gasteiger partial charge in [0.05, 0.1) is 12.2 Å². The number of hydrogen-bond donors (Lipinski definition) is 1. The molecule has 4 rings (SSSR count). The highest BCUT2D eigenvalue weighted by Gasteiger charge is 2.28. The van der Waals surface area contributed by atoms with Crippen LogP contribution in [0, 0.1) is 11.8 Å². The van der Waals surface area contributed by atoms with Gasteiger partial charge in [0.25, 0.3) is 0 Å². The van der Waals surface area contributed by atoms with E-state index in [4.69, 9.17) is 4.74 Å². The summed E-state index contributed by atoms with van der Waals surface area (Å²) in [5.74, 6) is 1.83. The lowest BCUT2D eigenvalue weighted by atomic mass is 9.86. The van der Waals surface area contributed by atoms with Crippen LogP contribution in [-0.2, 0) is 4.74 Å². The Morgan fingerprint density at radius 3 is 1.74 bits per heavy atom. The van der Waals surface area contributed by atoms with Gasteiger partial charge >= 0.3 is 0 Å². The highest BCUT2D eigenvalue weighted by Crippen LogP contribution is 2.29. The van der Waals surface area contributed by atoms with E-state index in [0.29, 0.717) is 12.2 Å². The Hall–Kier alpha value is -0.200. The molecule has 1 saturated carbocycles. The highest BCUT2D eigenvalue weighted by molar-refractivity contribution is 4.83. The van der Waals surface area contributed by atoms with Crippen LogP contribution in [0.1, 0.15) is 72.1 Å². The maximum Gasteiger partial charge on any atom is 0.0603 e. The smallest absolute Gasteiger partial charge is 0.0603 e. The first kappa shape index (κ1) is 25.4. The van der Waals surface area contributed by atoms with E-state index in [1.165, 1.54) is 110 Å². The van der Waals surface area contributed by atoms with Gasteiger partial charge in [-0.25, -0.2) is 0 Å². The van der Waals surface area contributed by atoms with Crippen LogP contribution in [0.4, 0.5) is 0 Å². The number of likely N-dealkylation sites (tertiary alicyclic amines) is 1. The minimum Gasteiger partial charge on any atom is -0.375 e. The van der Waals surface area contributed by atoms with Gasteiger partial charge in [0.2, 0.25) is 0 Å². The van der Waals surface area contributed by atoms with Gasteiger partial charge in [-0.05, 0) is 83.0 Å². The van der Waals surface area contributed by atoms with Gasteiger partial charge in [-0.15, -0.1) is 0 Å². The molecule has 0 amide bonds. The predicted octanol–water partition coefficient (Wildman–Crippen LogP) is 3.69. The van der Waals surface area contributed by atoms with Gasteiger partial charge in [-0.1, -0.05) is 27.2 Å². The second kappa shape index (κ2) is 14.1. The number of ether oxygens (including phenoxy) is 1. The summed E-state index contributed by atoms with van der Waals surface area (Å²) in [5.41, 5.74) is 0. The standard InChI is InChI=1S/C23H44N4O.C3H8/c1-2-25-12-9-21(18-25)19-27-15-13-26(14-16-27)17-20-3-5-22(6-4-20)28-23-7-10-24-11-8-23;1-3-2/h20-24H,2-19H2,1H3;3H2,1-2H3. The Labute approximate surface area is 193 Å². The second-order valence-electron chi connectivity index (χ2n) is 10.6. The van der Waals surface area contributed by atoms with Crippen molar-refractivity contribution < 1.29 is 4.74 Å². The molecule has 5 heteroatoms. The fourth-order valence-electron chi connectivity index (χ4n) is 5.89. The molecule has 4 fully saturated rings. The molecule has 0 aromatic rings. The van der Waals surface area contributed by atoms with Gasteiger partial charge in [0.15, 0.2) is 0 Å². The minimum atomic E-state index is 0.528. The highest BCUT2D eigenvalue weighted by atomic mass is 16.5. The van der Waals surface area contributed by atoms with Crippen LogP contribution >= 0.6 is 0 Å². The van der Waals surface area contributed by atoms with Crippen molar-refractivity contribution in [3.63, 3.8) is 0 Å². The van der Waals surface area contributed by atoms with Gasteiger partial charge in [0, 0.05) is 45.8 Å². The molecule has 1 atom stereocenters. The Kier molecular flexibility index (Phi) is 11.6. The first-order valence-corrected chi connectivity index (χ1v) is 13.7. The van der Waals surface area contributed by atoms with Crippen LogP contribution in [-0.4, -0.2) is 98.9 Å². The van der Waals surface area contributed by atoms with Crippen molar-refractivity contribution in [2.45, 2.75) is 84.3 Å². The summed E-state index contributed by atoms with van der Waals surface area (Å²) >= 11 is 0. The molecular formula is C26H52N4O. The van der Waals surface area contributed by atoms with Crippen LogP contribution in [0.5, 0.6) is 0 Å². The van der Waals surface area contributed by atoms with Crippen molar-refractivity contribution in [1.82, 2.24) is 20.0 Å². The first-order valence-electron chi connectivity index (χ1n) is 13.7. The first-order chi connectivity index (χ1) is 15.2. The van der Waals surface area contributed by atoms with Crippen LogP contribution < -0.4 is 5.32 Å². The number of nitrogens with one attached hydrogen (secondary N) is 1. The Morgan fingerprint density at radius 1 is 0.645 bits per heavy atom. The lowest BCUT2D eigenvalue weighted by Crippen LogP contribution is -2.49. The van der Waals surface area contributed by atoms with Crippen molar-refractivity contribution in [2.75, 3.05) is 72.0 Å². The van der Waals surface area contributed by atoms with Crippen molar-refractivity contribution in [2.24, 2.45) is 11.8 Å². The lowest BCUT2D eigenvalue weighted by molar-refractivity contribution is -0.0502. The zero-order valence-electron chi connectivity index (χ0n) is 21.0. The third-order valence-corrected chi connectivity index (χ3v) is 7.78. The average Bonchev–Trinajstić information content (AvgIpc) is 3.25. The van der Waals surface area contributed by atoms with Crippen LogP contribution in [0.3, 0.4) is 0 Å². The zero-order valence-corrected chi connectivity index (χ0v) is 21.0. The number of nitrogens with zero attached hydrogens (tertiary/aromatic N) is 3. The van der Waals surface area contributed by atoms with E-state index < -0.39 is 0 Å². The Balaban J connectivity index is 0.000000858. The topological polar surface area (TPSA) is 31.0 Å². The summed E-state index contributed by atoms with van der Waals surface area (Å²) in [4.78, 5) is 8.11. The van der Waals surface area contributed by atoms with Crippen LogP contribution in [0.2, 0.25) is 0 Å². The number of hydrogen-bond acceptors (Lipinski definition) is 5. The SMILES string of the molecule is CCC.CCN1CCC(CN2CCN(CC3CCC(OC4CCNCC4)CC3)CC2)C1. The predicted molar refractivity (Wildman–Crippen MR) is 132 cm³/mol. The van der Waals surface area contributed by atoms with Crippen molar-refractivity contribution in [3.8, 4) is 0 Å². The maximum atomic E-state index is 6.40. The molecular weight excluding hydrogens is 384 g/mol. The summed E-state index contributed by atoms with van der Waals surface area (Å²) in [7, 11) is 0. The summed E-state index contributed by atoms with van der Waals surface area (Å²) in [5, 5.41) is 3.44. The van der Waals surface area contributed by atoms with Gasteiger partial charge in [0.1, 0.15) is 0 Å². The fourth-order valence-corrected chi connectivity index (χ4v) is 5.89. The Bertz CT molecular complexity index is 454. The zero-order chi connectivity index (χ0) is 21.9. The molecule has 3 aliphatic heterocycles. The summed E-state index contributed by atoms with van der Waals surface area (Å²) < 4.78 is 6.40. The number of rotatable bonds is 7. The van der Waals surface area contributed by atoms with E-state index in [1.54, 1.807) is 0 Å². The van der Waals surface area contributed by atoms with Crippen molar-refractivity contribution in [1.29, 1.82) is 0 Å². The molecule has 4 aliphatic rings. The number of piperidine rings is 1. The van der Waals surface area contributed by atoms with Gasteiger partial charge in [-0.3, -0.25) is 0 Å². The van der Waals surface area contributed by atoms with E-state index in [-0.39, 0.29) is 0 Å². The van der Waals surface area contributed by atoms with Gasteiger partial charge in [-0.2, -0.15) is 0 Å². The molecule has 0 radical (unpaired) electrons. The normalized spacial score (nSPS) is 32.0. The quantitative estimate of drug-likeness (QED) is 0.658. The fraction of sp³-hybridized carbons (Fsp3) is 1.00. The number of piperazine rings is 1. The van der Waals surface area contributed by atoms with Crippen LogP contribution in [0.25, 0.3) is 0 Å². The molecule has 3 saturated heterocycles. The molecule has 1 unspecified atom stereocenters. The molecule has 5 nitrogen and oxygen atoms in total. The lowest BCUT2D eigenvalue weighted by Gasteiger charge is -2.39. The molecule has 0 aromatic carbocycles. The monoisotopic (exact) mass is 436 g/mol. The summed E-state index contributed by atoms with van der Waals surface area (Å²) in [6, 6.07) is 0. The minimum absolute atomic E-state index is 0.528. The molecule has 31 heavy (non-hydrogen) atoms. The summed E-state index contributed by atoms with van der Waals surface area (Å²) in [6.07, 6.45) is 11.5. The molecule has 1 aliphatic carbocycles. The molecule has 3 heterocycles. The van der Waals surface area contributed by atoms with Crippen molar-refractivity contribution >= 4 is 0 Å². The Morgan fingerprint density at radius 2 is 1.19 bits per heavy atom. The van der Waals surface area contributed by atoms with E-state index in [1.807, 2.05) is 0 Å². The molecule has 0 aromatic heterocycles. The van der Waals surface area contributed by atoms with E-state index in [9.17, 15) is 0 Å². The third-order valence-electron chi connectivity index (χ3n) is 7.78. The molecule has 1 N–H and O–H groups in total.